The first-order valence-corrected chi connectivity index (χ1v) is 9.43. The van der Waals surface area contributed by atoms with Crippen LogP contribution in [0.1, 0.15) is 48.2 Å². The number of anilines is 1. The third kappa shape index (κ3) is 4.88. The van der Waals surface area contributed by atoms with Crippen molar-refractivity contribution in [1.82, 2.24) is 0 Å². The second-order valence-electron chi connectivity index (χ2n) is 6.69. The molecule has 0 spiro atoms. The normalized spacial score (nSPS) is 14.0. The molecule has 0 saturated heterocycles. The van der Waals surface area contributed by atoms with E-state index in [1.165, 1.54) is 24.0 Å². The Morgan fingerprint density at radius 2 is 1.85 bits per heavy atom. The predicted molar refractivity (Wildman–Crippen MR) is 104 cm³/mol. The van der Waals surface area contributed by atoms with Crippen LogP contribution < -0.4 is 10.1 Å². The van der Waals surface area contributed by atoms with Crippen molar-refractivity contribution in [2.75, 3.05) is 11.9 Å². The van der Waals surface area contributed by atoms with Gasteiger partial charge in [0.15, 0.2) is 6.10 Å². The highest BCUT2D eigenvalue weighted by molar-refractivity contribution is 5.96. The summed E-state index contributed by atoms with van der Waals surface area (Å²) in [4.78, 5) is 24.3. The highest BCUT2D eigenvalue weighted by atomic mass is 16.5. The average molecular weight is 367 g/mol. The van der Waals surface area contributed by atoms with Gasteiger partial charge < -0.3 is 14.8 Å². The molecule has 0 radical (unpaired) electrons. The van der Waals surface area contributed by atoms with Crippen molar-refractivity contribution in [2.24, 2.45) is 0 Å². The minimum Gasteiger partial charge on any atom is -0.481 e. The lowest BCUT2D eigenvalue weighted by molar-refractivity contribution is -0.122. The molecule has 1 aliphatic carbocycles. The molecule has 3 rings (SSSR count). The van der Waals surface area contributed by atoms with Crippen molar-refractivity contribution >= 4 is 17.6 Å². The highest BCUT2D eigenvalue weighted by Gasteiger charge is 2.17. The molecule has 0 aromatic heterocycles. The Balaban J connectivity index is 1.62. The quantitative estimate of drug-likeness (QED) is 0.779. The number of ether oxygens (including phenoxy) is 2. The summed E-state index contributed by atoms with van der Waals surface area (Å²) in [5.74, 6) is 0.0271. The molecule has 1 atom stereocenters. The Morgan fingerprint density at radius 1 is 1.07 bits per heavy atom. The van der Waals surface area contributed by atoms with E-state index in [4.69, 9.17) is 9.47 Å². The average Bonchev–Trinajstić information content (AvgIpc) is 2.68. The van der Waals surface area contributed by atoms with E-state index in [-0.39, 0.29) is 5.91 Å². The van der Waals surface area contributed by atoms with Crippen molar-refractivity contribution in [2.45, 2.75) is 45.6 Å². The SMILES string of the molecule is CCOC(=O)c1cccc(NC(=O)C(C)Oc2ccc3c(c2)CCCC3)c1. The van der Waals surface area contributed by atoms with Crippen molar-refractivity contribution < 1.29 is 19.1 Å². The first-order chi connectivity index (χ1) is 13.1. The lowest BCUT2D eigenvalue weighted by Gasteiger charge is -2.19. The summed E-state index contributed by atoms with van der Waals surface area (Å²) in [7, 11) is 0. The van der Waals surface area contributed by atoms with Gasteiger partial charge in [-0.3, -0.25) is 4.79 Å². The standard InChI is InChI=1S/C22H25NO4/c1-3-26-22(25)18-9-6-10-19(13-18)23-21(24)15(2)27-20-12-11-16-7-4-5-8-17(16)14-20/h6,9-15H,3-5,7-8H2,1-2H3,(H,23,24). The van der Waals surface area contributed by atoms with Gasteiger partial charge in [0, 0.05) is 5.69 Å². The zero-order valence-corrected chi connectivity index (χ0v) is 15.8. The van der Waals surface area contributed by atoms with E-state index in [0.717, 1.165) is 12.8 Å². The zero-order valence-electron chi connectivity index (χ0n) is 15.8. The first kappa shape index (κ1) is 19.0. The lowest BCUT2D eigenvalue weighted by atomic mass is 9.92. The fourth-order valence-electron chi connectivity index (χ4n) is 3.22. The molecule has 2 aromatic rings. The van der Waals surface area contributed by atoms with E-state index >= 15 is 0 Å². The van der Waals surface area contributed by atoms with Crippen molar-refractivity contribution in [3.05, 3.63) is 59.2 Å². The van der Waals surface area contributed by atoms with E-state index < -0.39 is 12.1 Å². The molecule has 2 aromatic carbocycles. The number of esters is 1. The van der Waals surface area contributed by atoms with Crippen LogP contribution >= 0.6 is 0 Å². The second kappa shape index (κ2) is 8.71. The molecule has 0 bridgehead atoms. The van der Waals surface area contributed by atoms with Crippen LogP contribution in [0.5, 0.6) is 5.75 Å². The maximum atomic E-state index is 12.5. The Kier molecular flexibility index (Phi) is 6.12. The van der Waals surface area contributed by atoms with Crippen molar-refractivity contribution in [3.8, 4) is 5.75 Å². The molecule has 1 aliphatic rings. The van der Waals surface area contributed by atoms with E-state index in [1.54, 1.807) is 38.1 Å². The van der Waals surface area contributed by atoms with Gasteiger partial charge in [-0.05, 0) is 81.0 Å². The van der Waals surface area contributed by atoms with Crippen LogP contribution in [-0.2, 0) is 22.4 Å². The van der Waals surface area contributed by atoms with Crippen LogP contribution in [0.15, 0.2) is 42.5 Å². The summed E-state index contributed by atoms with van der Waals surface area (Å²) in [6.45, 7) is 3.77. The van der Waals surface area contributed by atoms with Gasteiger partial charge in [0.25, 0.3) is 5.91 Å². The molecule has 1 N–H and O–H groups in total. The molecule has 0 heterocycles. The minimum atomic E-state index is -0.655. The maximum absolute atomic E-state index is 12.5. The van der Waals surface area contributed by atoms with E-state index in [9.17, 15) is 9.59 Å². The summed E-state index contributed by atoms with van der Waals surface area (Å²) in [6, 6.07) is 12.7. The molecule has 5 heteroatoms. The minimum absolute atomic E-state index is 0.270. The molecule has 0 saturated carbocycles. The topological polar surface area (TPSA) is 64.6 Å². The molecule has 1 unspecified atom stereocenters. The Labute approximate surface area is 159 Å². The molecule has 1 amide bonds. The third-order valence-corrected chi connectivity index (χ3v) is 4.64. The first-order valence-electron chi connectivity index (χ1n) is 9.43. The van der Waals surface area contributed by atoms with Crippen molar-refractivity contribution in [1.29, 1.82) is 0 Å². The van der Waals surface area contributed by atoms with Crippen LogP contribution in [0.4, 0.5) is 5.69 Å². The Bertz CT molecular complexity index is 831. The number of carbonyl (C=O) groups excluding carboxylic acids is 2. The Hall–Kier alpha value is -2.82. The van der Waals surface area contributed by atoms with E-state index in [0.29, 0.717) is 23.6 Å². The summed E-state index contributed by atoms with van der Waals surface area (Å²) in [5.41, 5.74) is 3.62. The van der Waals surface area contributed by atoms with Gasteiger partial charge in [-0.2, -0.15) is 0 Å². The van der Waals surface area contributed by atoms with Gasteiger partial charge in [-0.15, -0.1) is 0 Å². The summed E-state index contributed by atoms with van der Waals surface area (Å²) >= 11 is 0. The van der Waals surface area contributed by atoms with Crippen LogP contribution in [-0.4, -0.2) is 24.6 Å². The molecular formula is C22H25NO4. The molecular weight excluding hydrogens is 342 g/mol. The number of benzene rings is 2. The molecule has 0 aliphatic heterocycles. The van der Waals surface area contributed by atoms with Gasteiger partial charge in [0.05, 0.1) is 12.2 Å². The largest absolute Gasteiger partial charge is 0.481 e. The van der Waals surface area contributed by atoms with Gasteiger partial charge in [0.2, 0.25) is 0 Å². The van der Waals surface area contributed by atoms with E-state index in [2.05, 4.69) is 11.4 Å². The van der Waals surface area contributed by atoms with Gasteiger partial charge in [0.1, 0.15) is 5.75 Å². The zero-order chi connectivity index (χ0) is 19.2. The van der Waals surface area contributed by atoms with Crippen LogP contribution in [0.2, 0.25) is 0 Å². The molecule has 0 fully saturated rings. The second-order valence-corrected chi connectivity index (χ2v) is 6.69. The number of carbonyl (C=O) groups is 2. The predicted octanol–water partition coefficient (Wildman–Crippen LogP) is 4.15. The fourth-order valence-corrected chi connectivity index (χ4v) is 3.22. The molecule has 5 nitrogen and oxygen atoms in total. The van der Waals surface area contributed by atoms with Gasteiger partial charge in [-0.25, -0.2) is 4.79 Å². The summed E-state index contributed by atoms with van der Waals surface area (Å²) < 4.78 is 10.8. The maximum Gasteiger partial charge on any atom is 0.338 e. The Morgan fingerprint density at radius 3 is 2.63 bits per heavy atom. The van der Waals surface area contributed by atoms with Crippen LogP contribution in [0.25, 0.3) is 0 Å². The van der Waals surface area contributed by atoms with Crippen LogP contribution in [0.3, 0.4) is 0 Å². The summed E-state index contributed by atoms with van der Waals surface area (Å²) in [5, 5.41) is 2.79. The van der Waals surface area contributed by atoms with Crippen LogP contribution in [0, 0.1) is 0 Å². The fraction of sp³-hybridized carbons (Fsp3) is 0.364. The molecule has 27 heavy (non-hydrogen) atoms. The third-order valence-electron chi connectivity index (χ3n) is 4.64. The number of fused-ring (bicyclic) bond motifs is 1. The van der Waals surface area contributed by atoms with Gasteiger partial charge >= 0.3 is 5.97 Å². The summed E-state index contributed by atoms with van der Waals surface area (Å²) in [6.07, 6.45) is 3.95. The molecule has 142 valence electrons. The smallest absolute Gasteiger partial charge is 0.338 e. The number of rotatable bonds is 6. The number of hydrogen-bond acceptors (Lipinski definition) is 4. The number of amides is 1. The number of nitrogens with one attached hydrogen (secondary N) is 1. The lowest BCUT2D eigenvalue weighted by Crippen LogP contribution is -2.30. The highest BCUT2D eigenvalue weighted by Crippen LogP contribution is 2.26. The van der Waals surface area contributed by atoms with Gasteiger partial charge in [-0.1, -0.05) is 12.1 Å². The monoisotopic (exact) mass is 367 g/mol. The van der Waals surface area contributed by atoms with E-state index in [1.807, 2.05) is 12.1 Å². The number of hydrogen-bond donors (Lipinski definition) is 1. The van der Waals surface area contributed by atoms with Crippen molar-refractivity contribution in [3.63, 3.8) is 0 Å². The number of aryl methyl sites for hydroxylation is 2.